The van der Waals surface area contributed by atoms with Crippen LogP contribution in [0.25, 0.3) is 0 Å². The number of benzene rings is 2. The first-order valence-corrected chi connectivity index (χ1v) is 10.9. The predicted octanol–water partition coefficient (Wildman–Crippen LogP) is 2.97. The quantitative estimate of drug-likeness (QED) is 0.577. The van der Waals surface area contributed by atoms with E-state index in [1.54, 1.807) is 12.1 Å². The average Bonchev–Trinajstić information content (AvgIpc) is 2.65. The van der Waals surface area contributed by atoms with Crippen molar-refractivity contribution in [1.29, 1.82) is 0 Å². The number of nitrogens with one attached hydrogen (secondary N) is 2. The van der Waals surface area contributed by atoms with E-state index in [0.29, 0.717) is 19.8 Å². The molecule has 2 aromatic rings. The lowest BCUT2D eigenvalue weighted by Crippen LogP contribution is -2.30. The summed E-state index contributed by atoms with van der Waals surface area (Å²) in [6.07, 6.45) is 0.0589. The molecule has 0 aliphatic rings. The van der Waals surface area contributed by atoms with Crippen LogP contribution in [-0.4, -0.2) is 27.5 Å². The fourth-order valence-electron chi connectivity index (χ4n) is 2.36. The summed E-state index contributed by atoms with van der Waals surface area (Å²) >= 11 is 3.26. The molecule has 2 aromatic carbocycles. The molecular weight excluding hydrogens is 432 g/mol. The molecule has 0 aromatic heterocycles. The second kappa shape index (κ2) is 10.6. The lowest BCUT2D eigenvalue weighted by atomic mass is 10.1. The molecule has 0 aliphatic heterocycles. The number of ether oxygens (including phenoxy) is 1. The molecule has 0 fully saturated rings. The average molecular weight is 455 g/mol. The van der Waals surface area contributed by atoms with E-state index in [1.165, 1.54) is 12.1 Å². The lowest BCUT2D eigenvalue weighted by Gasteiger charge is -2.11. The molecule has 0 radical (unpaired) electrons. The second-order valence-corrected chi connectivity index (χ2v) is 8.47. The van der Waals surface area contributed by atoms with Gasteiger partial charge in [0.2, 0.25) is 15.9 Å². The molecule has 0 saturated heterocycles. The Morgan fingerprint density at radius 3 is 2.41 bits per heavy atom. The Labute approximate surface area is 168 Å². The van der Waals surface area contributed by atoms with E-state index in [1.807, 2.05) is 31.2 Å². The van der Waals surface area contributed by atoms with Gasteiger partial charge in [-0.3, -0.25) is 4.79 Å². The van der Waals surface area contributed by atoms with Crippen molar-refractivity contribution in [2.45, 2.75) is 31.4 Å². The maximum atomic E-state index is 12.2. The standard InChI is InChI=1S/C19H23BrN2O4S/c1-2-26-14-16-6-4-3-5-15(16)13-21-19(23)11-12-22-27(24,25)18-9-7-17(20)8-10-18/h3-10,22H,2,11-14H2,1H3,(H,21,23). The van der Waals surface area contributed by atoms with Gasteiger partial charge in [0, 0.05) is 30.6 Å². The number of carbonyl (C=O) groups is 1. The van der Waals surface area contributed by atoms with E-state index in [9.17, 15) is 13.2 Å². The fraction of sp³-hybridized carbons (Fsp3) is 0.316. The van der Waals surface area contributed by atoms with Crippen LogP contribution in [0, 0.1) is 0 Å². The monoisotopic (exact) mass is 454 g/mol. The first-order valence-electron chi connectivity index (χ1n) is 8.59. The normalized spacial score (nSPS) is 11.3. The zero-order valence-electron chi connectivity index (χ0n) is 15.1. The SMILES string of the molecule is CCOCc1ccccc1CNC(=O)CCNS(=O)(=O)c1ccc(Br)cc1. The third-order valence-electron chi connectivity index (χ3n) is 3.82. The molecule has 0 spiro atoms. The minimum atomic E-state index is -3.62. The van der Waals surface area contributed by atoms with Gasteiger partial charge in [-0.1, -0.05) is 40.2 Å². The van der Waals surface area contributed by atoms with E-state index in [-0.39, 0.29) is 23.8 Å². The van der Waals surface area contributed by atoms with E-state index in [0.717, 1.165) is 15.6 Å². The number of halogens is 1. The van der Waals surface area contributed by atoms with E-state index < -0.39 is 10.0 Å². The third-order valence-corrected chi connectivity index (χ3v) is 5.83. The van der Waals surface area contributed by atoms with Gasteiger partial charge in [0.05, 0.1) is 11.5 Å². The molecule has 1 amide bonds. The van der Waals surface area contributed by atoms with Crippen molar-refractivity contribution in [2.24, 2.45) is 0 Å². The predicted molar refractivity (Wildman–Crippen MR) is 108 cm³/mol. The van der Waals surface area contributed by atoms with Crippen LogP contribution in [0.2, 0.25) is 0 Å². The van der Waals surface area contributed by atoms with E-state index in [4.69, 9.17) is 4.74 Å². The Bertz CT molecular complexity index is 854. The van der Waals surface area contributed by atoms with Gasteiger partial charge in [-0.2, -0.15) is 0 Å². The van der Waals surface area contributed by atoms with Crippen LogP contribution in [0.5, 0.6) is 0 Å². The van der Waals surface area contributed by atoms with Crippen LogP contribution in [0.1, 0.15) is 24.5 Å². The molecular formula is C19H23BrN2O4S. The zero-order chi connectivity index (χ0) is 19.7. The third kappa shape index (κ3) is 7.06. The smallest absolute Gasteiger partial charge is 0.240 e. The minimum Gasteiger partial charge on any atom is -0.377 e. The number of carbonyl (C=O) groups excluding carboxylic acids is 1. The molecule has 0 aliphatic carbocycles. The van der Waals surface area contributed by atoms with Crippen LogP contribution in [0.15, 0.2) is 57.9 Å². The number of hydrogen-bond acceptors (Lipinski definition) is 4. The summed E-state index contributed by atoms with van der Waals surface area (Å²) in [7, 11) is -3.62. The van der Waals surface area contributed by atoms with Crippen LogP contribution in [-0.2, 0) is 32.7 Å². The van der Waals surface area contributed by atoms with Gasteiger partial charge in [-0.25, -0.2) is 13.1 Å². The topological polar surface area (TPSA) is 84.5 Å². The van der Waals surface area contributed by atoms with Crippen molar-refractivity contribution in [3.05, 3.63) is 64.1 Å². The summed E-state index contributed by atoms with van der Waals surface area (Å²) in [6.45, 7) is 3.46. The maximum absolute atomic E-state index is 12.2. The highest BCUT2D eigenvalue weighted by Crippen LogP contribution is 2.14. The van der Waals surface area contributed by atoms with Crippen molar-refractivity contribution in [1.82, 2.24) is 10.0 Å². The molecule has 146 valence electrons. The molecule has 0 saturated carbocycles. The van der Waals surface area contributed by atoms with Gasteiger partial charge in [-0.15, -0.1) is 0 Å². The molecule has 27 heavy (non-hydrogen) atoms. The van der Waals surface area contributed by atoms with Gasteiger partial charge in [-0.05, 0) is 42.3 Å². The highest BCUT2D eigenvalue weighted by Gasteiger charge is 2.14. The molecule has 8 heteroatoms. The highest BCUT2D eigenvalue weighted by atomic mass is 79.9. The summed E-state index contributed by atoms with van der Waals surface area (Å²) in [5, 5.41) is 2.81. The summed E-state index contributed by atoms with van der Waals surface area (Å²) in [5.41, 5.74) is 2.00. The maximum Gasteiger partial charge on any atom is 0.240 e. The van der Waals surface area contributed by atoms with Crippen LogP contribution in [0.3, 0.4) is 0 Å². The number of rotatable bonds is 10. The van der Waals surface area contributed by atoms with Gasteiger partial charge >= 0.3 is 0 Å². The summed E-state index contributed by atoms with van der Waals surface area (Å²) < 4.78 is 33.0. The first kappa shape index (κ1) is 21.6. The Hall–Kier alpha value is -1.74. The molecule has 0 bridgehead atoms. The van der Waals surface area contributed by atoms with Gasteiger partial charge in [0.1, 0.15) is 0 Å². The fourth-order valence-corrected chi connectivity index (χ4v) is 3.66. The summed E-state index contributed by atoms with van der Waals surface area (Å²) in [4.78, 5) is 12.2. The Kier molecular flexibility index (Phi) is 8.43. The van der Waals surface area contributed by atoms with Gasteiger partial charge < -0.3 is 10.1 Å². The number of sulfonamides is 1. The van der Waals surface area contributed by atoms with Crippen molar-refractivity contribution in [3.8, 4) is 0 Å². The van der Waals surface area contributed by atoms with Crippen LogP contribution >= 0.6 is 15.9 Å². The Morgan fingerprint density at radius 1 is 1.07 bits per heavy atom. The zero-order valence-corrected chi connectivity index (χ0v) is 17.5. The van der Waals surface area contributed by atoms with Gasteiger partial charge in [0.15, 0.2) is 0 Å². The van der Waals surface area contributed by atoms with Crippen LogP contribution < -0.4 is 10.0 Å². The van der Waals surface area contributed by atoms with Crippen molar-refractivity contribution in [2.75, 3.05) is 13.2 Å². The lowest BCUT2D eigenvalue weighted by molar-refractivity contribution is -0.121. The molecule has 2 rings (SSSR count). The largest absolute Gasteiger partial charge is 0.377 e. The van der Waals surface area contributed by atoms with Crippen molar-refractivity contribution >= 4 is 31.9 Å². The van der Waals surface area contributed by atoms with Crippen LogP contribution in [0.4, 0.5) is 0 Å². The van der Waals surface area contributed by atoms with Crippen molar-refractivity contribution < 1.29 is 17.9 Å². The Balaban J connectivity index is 1.81. The molecule has 0 atom stereocenters. The molecule has 6 nitrogen and oxygen atoms in total. The van der Waals surface area contributed by atoms with E-state index in [2.05, 4.69) is 26.0 Å². The first-order chi connectivity index (χ1) is 12.9. The second-order valence-electron chi connectivity index (χ2n) is 5.78. The molecule has 2 N–H and O–H groups in total. The summed E-state index contributed by atoms with van der Waals surface area (Å²) in [5.74, 6) is -0.222. The van der Waals surface area contributed by atoms with Crippen molar-refractivity contribution in [3.63, 3.8) is 0 Å². The minimum absolute atomic E-state index is 0.0326. The van der Waals surface area contributed by atoms with E-state index >= 15 is 0 Å². The molecule has 0 heterocycles. The van der Waals surface area contributed by atoms with Gasteiger partial charge in [0.25, 0.3) is 0 Å². The molecule has 0 unspecified atom stereocenters. The Morgan fingerprint density at radius 2 is 1.74 bits per heavy atom. The number of amides is 1. The number of hydrogen-bond donors (Lipinski definition) is 2. The summed E-state index contributed by atoms with van der Waals surface area (Å²) in [6, 6.07) is 14.0. The highest BCUT2D eigenvalue weighted by molar-refractivity contribution is 9.10.